The molecule has 0 radical (unpaired) electrons. The van der Waals surface area contributed by atoms with Gasteiger partial charge in [0.25, 0.3) is 5.56 Å². The van der Waals surface area contributed by atoms with Crippen molar-refractivity contribution in [2.24, 2.45) is 7.05 Å². The lowest BCUT2D eigenvalue weighted by Crippen LogP contribution is -2.25. The summed E-state index contributed by atoms with van der Waals surface area (Å²) in [6.45, 7) is 1.85. The van der Waals surface area contributed by atoms with Crippen LogP contribution >= 0.6 is 23.1 Å². The first-order valence-electron chi connectivity index (χ1n) is 8.21. The van der Waals surface area contributed by atoms with Crippen LogP contribution in [0.5, 0.6) is 0 Å². The van der Waals surface area contributed by atoms with Gasteiger partial charge >= 0.3 is 6.09 Å². The second-order valence-electron chi connectivity index (χ2n) is 6.10. The van der Waals surface area contributed by atoms with Crippen molar-refractivity contribution in [2.75, 3.05) is 25.4 Å². The number of carbonyl (C=O) groups is 1. The van der Waals surface area contributed by atoms with E-state index in [-0.39, 0.29) is 11.7 Å². The minimum atomic E-state index is -0.222. The third-order valence-corrected chi connectivity index (χ3v) is 6.86. The average molecular weight is 365 g/mol. The van der Waals surface area contributed by atoms with Crippen molar-refractivity contribution >= 4 is 39.4 Å². The van der Waals surface area contributed by atoms with Gasteiger partial charge in [-0.1, -0.05) is 11.8 Å². The minimum absolute atomic E-state index is 0.0741. The lowest BCUT2D eigenvalue weighted by atomic mass is 10.2. The van der Waals surface area contributed by atoms with Crippen LogP contribution in [0.1, 0.15) is 23.3 Å². The summed E-state index contributed by atoms with van der Waals surface area (Å²) in [5, 5.41) is 1.59. The Kier molecular flexibility index (Phi) is 4.26. The third-order valence-electron chi connectivity index (χ3n) is 4.55. The lowest BCUT2D eigenvalue weighted by Gasteiger charge is -2.12. The van der Waals surface area contributed by atoms with E-state index < -0.39 is 0 Å². The van der Waals surface area contributed by atoms with Crippen molar-refractivity contribution < 1.29 is 9.53 Å². The van der Waals surface area contributed by atoms with Gasteiger partial charge < -0.3 is 9.64 Å². The Hall–Kier alpha value is -1.54. The van der Waals surface area contributed by atoms with Crippen LogP contribution in [0.25, 0.3) is 10.2 Å². The smallest absolute Gasteiger partial charge is 0.409 e. The van der Waals surface area contributed by atoms with Crippen LogP contribution in [-0.2, 0) is 24.6 Å². The Morgan fingerprint density at radius 1 is 1.33 bits per heavy atom. The maximum absolute atomic E-state index is 12.7. The van der Waals surface area contributed by atoms with Gasteiger partial charge in [-0.25, -0.2) is 9.78 Å². The van der Waals surface area contributed by atoms with Crippen molar-refractivity contribution in [1.82, 2.24) is 14.5 Å². The van der Waals surface area contributed by atoms with Gasteiger partial charge in [0.05, 0.1) is 11.9 Å². The topological polar surface area (TPSA) is 64.4 Å². The summed E-state index contributed by atoms with van der Waals surface area (Å²) in [4.78, 5) is 32.8. The van der Waals surface area contributed by atoms with Gasteiger partial charge in [-0.05, 0) is 31.2 Å². The van der Waals surface area contributed by atoms with Crippen molar-refractivity contribution in [2.45, 2.75) is 30.8 Å². The zero-order chi connectivity index (χ0) is 16.7. The summed E-state index contributed by atoms with van der Waals surface area (Å²) in [7, 11) is 1.80. The van der Waals surface area contributed by atoms with Crippen LogP contribution in [0, 0.1) is 0 Å². The van der Waals surface area contributed by atoms with Gasteiger partial charge in [-0.15, -0.1) is 11.3 Å². The fraction of sp³-hybridized carbons (Fsp3) is 0.562. The van der Waals surface area contributed by atoms with Crippen molar-refractivity contribution in [3.63, 3.8) is 0 Å². The molecule has 8 heteroatoms. The number of aryl methyl sites for hydroxylation is 2. The Balaban J connectivity index is 1.47. The summed E-state index contributed by atoms with van der Waals surface area (Å²) in [5.41, 5.74) is 1.30. The fourth-order valence-electron chi connectivity index (χ4n) is 3.28. The van der Waals surface area contributed by atoms with Crippen LogP contribution in [0.2, 0.25) is 0 Å². The highest BCUT2D eigenvalue weighted by molar-refractivity contribution is 7.99. The zero-order valence-electron chi connectivity index (χ0n) is 13.5. The Morgan fingerprint density at radius 2 is 2.21 bits per heavy atom. The third kappa shape index (κ3) is 2.71. The summed E-state index contributed by atoms with van der Waals surface area (Å²) in [5.74, 6) is 0.820. The molecular weight excluding hydrogens is 346 g/mol. The number of hydrogen-bond donors (Lipinski definition) is 0. The number of fused-ring (bicyclic) bond motifs is 3. The molecule has 1 aliphatic carbocycles. The molecule has 3 heterocycles. The van der Waals surface area contributed by atoms with Crippen molar-refractivity contribution in [3.8, 4) is 0 Å². The molecule has 2 aromatic rings. The van der Waals surface area contributed by atoms with Crippen LogP contribution in [0.15, 0.2) is 9.95 Å². The summed E-state index contributed by atoms with van der Waals surface area (Å²) < 4.78 is 6.59. The number of carbonyl (C=O) groups excluding carboxylic acids is 1. The van der Waals surface area contributed by atoms with E-state index in [1.807, 2.05) is 0 Å². The fourth-order valence-corrected chi connectivity index (χ4v) is 5.48. The van der Waals surface area contributed by atoms with E-state index >= 15 is 0 Å². The molecule has 2 aromatic heterocycles. The number of cyclic esters (lactones) is 1. The summed E-state index contributed by atoms with van der Waals surface area (Å²) >= 11 is 3.26. The molecule has 0 spiro atoms. The molecule has 0 N–H and O–H groups in total. The lowest BCUT2D eigenvalue weighted by molar-refractivity contribution is 0.158. The van der Waals surface area contributed by atoms with E-state index in [1.165, 1.54) is 10.4 Å². The van der Waals surface area contributed by atoms with Crippen LogP contribution in [0.3, 0.4) is 0 Å². The van der Waals surface area contributed by atoms with Gasteiger partial charge in [0.1, 0.15) is 11.4 Å². The zero-order valence-corrected chi connectivity index (χ0v) is 15.2. The molecule has 0 saturated carbocycles. The van der Waals surface area contributed by atoms with E-state index in [9.17, 15) is 9.59 Å². The largest absolute Gasteiger partial charge is 0.448 e. The van der Waals surface area contributed by atoms with Crippen molar-refractivity contribution in [1.29, 1.82) is 0 Å². The molecule has 1 aliphatic heterocycles. The second kappa shape index (κ2) is 6.40. The first-order valence-corrected chi connectivity index (χ1v) is 10.0. The molecule has 0 unspecified atom stereocenters. The molecule has 0 aromatic carbocycles. The molecule has 128 valence electrons. The molecule has 6 nitrogen and oxygen atoms in total. The number of ether oxygens (including phenoxy) is 1. The van der Waals surface area contributed by atoms with E-state index in [0.29, 0.717) is 19.7 Å². The number of aromatic nitrogens is 2. The highest BCUT2D eigenvalue weighted by Crippen LogP contribution is 2.35. The molecule has 1 amide bonds. The van der Waals surface area contributed by atoms with E-state index in [2.05, 4.69) is 0 Å². The molecular formula is C16H19N3O3S2. The second-order valence-corrected chi connectivity index (χ2v) is 8.25. The number of thiophene rings is 1. The number of amides is 1. The Bertz CT molecular complexity index is 858. The molecule has 24 heavy (non-hydrogen) atoms. The molecule has 4 rings (SSSR count). The standard InChI is InChI=1S/C16H19N3O3S2/c1-18-14(20)12-10-4-2-5-11(10)24-13(12)17-15(18)23-9-3-6-19-7-8-22-16(19)21/h2-9H2,1H3. The highest BCUT2D eigenvalue weighted by Gasteiger charge is 2.23. The monoisotopic (exact) mass is 365 g/mol. The van der Waals surface area contributed by atoms with Gasteiger partial charge in [0.2, 0.25) is 0 Å². The summed E-state index contributed by atoms with van der Waals surface area (Å²) in [6, 6.07) is 0. The van der Waals surface area contributed by atoms with E-state index in [1.54, 1.807) is 39.6 Å². The molecule has 2 aliphatic rings. The maximum atomic E-state index is 12.7. The quantitative estimate of drug-likeness (QED) is 0.463. The number of hydrogen-bond acceptors (Lipinski definition) is 6. The van der Waals surface area contributed by atoms with Gasteiger partial charge in [-0.3, -0.25) is 9.36 Å². The Labute approximate surface area is 147 Å². The summed E-state index contributed by atoms with van der Waals surface area (Å²) in [6.07, 6.45) is 3.86. The predicted molar refractivity (Wildman–Crippen MR) is 95.1 cm³/mol. The predicted octanol–water partition coefficient (Wildman–Crippen LogP) is 2.42. The number of nitrogens with zero attached hydrogens (tertiary/aromatic N) is 3. The molecule has 0 atom stereocenters. The SMILES string of the molecule is Cn1c(SCCCN2CCOC2=O)nc2sc3c(c2c1=O)CCC3. The van der Waals surface area contributed by atoms with Crippen LogP contribution in [0.4, 0.5) is 4.79 Å². The maximum Gasteiger partial charge on any atom is 0.409 e. The first-order chi connectivity index (χ1) is 11.6. The normalized spacial score (nSPS) is 16.9. The number of rotatable bonds is 5. The van der Waals surface area contributed by atoms with E-state index in [0.717, 1.165) is 46.8 Å². The molecule has 1 saturated heterocycles. The first kappa shape index (κ1) is 16.0. The van der Waals surface area contributed by atoms with Crippen molar-refractivity contribution in [3.05, 3.63) is 20.8 Å². The van der Waals surface area contributed by atoms with Gasteiger partial charge in [0.15, 0.2) is 5.16 Å². The minimum Gasteiger partial charge on any atom is -0.448 e. The average Bonchev–Trinajstić information content (AvgIpc) is 3.24. The van der Waals surface area contributed by atoms with Crippen LogP contribution < -0.4 is 5.56 Å². The van der Waals surface area contributed by atoms with Gasteiger partial charge in [0, 0.05) is 24.2 Å². The van der Waals surface area contributed by atoms with Gasteiger partial charge in [-0.2, -0.15) is 0 Å². The number of thioether (sulfide) groups is 1. The van der Waals surface area contributed by atoms with Crippen LogP contribution in [-0.4, -0.2) is 46.0 Å². The Morgan fingerprint density at radius 3 is 3.00 bits per heavy atom. The van der Waals surface area contributed by atoms with E-state index in [4.69, 9.17) is 9.72 Å². The molecule has 1 fully saturated rings. The highest BCUT2D eigenvalue weighted by atomic mass is 32.2. The molecule has 0 bridgehead atoms.